The Labute approximate surface area is 109 Å². The van der Waals surface area contributed by atoms with Crippen LogP contribution in [0.3, 0.4) is 0 Å². The highest BCUT2D eigenvalue weighted by Gasteiger charge is 2.62. The number of ether oxygens (including phenoxy) is 1. The Balaban J connectivity index is 1.73. The van der Waals surface area contributed by atoms with Crippen LogP contribution in [-0.2, 0) is 14.3 Å². The van der Waals surface area contributed by atoms with Gasteiger partial charge in [-0.15, -0.1) is 0 Å². The Kier molecular flexibility index (Phi) is 2.12. The number of fused-ring (bicyclic) bond motifs is 5. The minimum absolute atomic E-state index is 0.114. The largest absolute Gasteiger partial charge is 0.373 e. The summed E-state index contributed by atoms with van der Waals surface area (Å²) in [5.74, 6) is -1.46. The van der Waals surface area contributed by atoms with E-state index in [0.29, 0.717) is 5.69 Å². The van der Waals surface area contributed by atoms with E-state index >= 15 is 0 Å². The van der Waals surface area contributed by atoms with Gasteiger partial charge in [0.1, 0.15) is 5.82 Å². The van der Waals surface area contributed by atoms with Gasteiger partial charge >= 0.3 is 0 Å². The zero-order valence-electron chi connectivity index (χ0n) is 10.1. The number of rotatable bonds is 1. The average Bonchev–Trinajstić information content (AvgIpc) is 3.06. The van der Waals surface area contributed by atoms with Crippen LogP contribution in [0.1, 0.15) is 12.8 Å². The predicted molar refractivity (Wildman–Crippen MR) is 63.8 cm³/mol. The third kappa shape index (κ3) is 1.36. The molecule has 98 valence electrons. The second-order valence-electron chi connectivity index (χ2n) is 5.33. The lowest BCUT2D eigenvalue weighted by atomic mass is 9.81. The second kappa shape index (κ2) is 3.63. The van der Waals surface area contributed by atoms with E-state index in [4.69, 9.17) is 4.74 Å². The summed E-state index contributed by atoms with van der Waals surface area (Å²) >= 11 is 0. The van der Waals surface area contributed by atoms with Gasteiger partial charge in [-0.2, -0.15) is 0 Å². The summed E-state index contributed by atoms with van der Waals surface area (Å²) in [6.45, 7) is 0. The van der Waals surface area contributed by atoms with Crippen LogP contribution in [0, 0.1) is 17.7 Å². The van der Waals surface area contributed by atoms with Crippen molar-refractivity contribution in [1.82, 2.24) is 0 Å². The van der Waals surface area contributed by atoms with E-state index in [-0.39, 0.29) is 41.7 Å². The van der Waals surface area contributed by atoms with Gasteiger partial charge in [0.25, 0.3) is 0 Å². The highest BCUT2D eigenvalue weighted by molar-refractivity contribution is 6.22. The number of imide groups is 1. The van der Waals surface area contributed by atoms with Crippen LogP contribution >= 0.6 is 0 Å². The summed E-state index contributed by atoms with van der Waals surface area (Å²) in [5, 5.41) is 0. The van der Waals surface area contributed by atoms with Crippen molar-refractivity contribution in [3.63, 3.8) is 0 Å². The van der Waals surface area contributed by atoms with E-state index < -0.39 is 0 Å². The molecule has 3 saturated heterocycles. The minimum Gasteiger partial charge on any atom is -0.373 e. The second-order valence-corrected chi connectivity index (χ2v) is 5.33. The quantitative estimate of drug-likeness (QED) is 0.720. The molecule has 0 spiro atoms. The van der Waals surface area contributed by atoms with Gasteiger partial charge in [0, 0.05) is 0 Å². The number of halogens is 1. The standard InChI is InChI=1S/C14H12FNO3/c15-7-1-3-8(4-2-7)16-13(17)11-9-5-6-10(19-9)12(11)14(16)18/h1-4,9-12H,5-6H2/t9-,10+,11-,12+. The van der Waals surface area contributed by atoms with E-state index in [1.165, 1.54) is 29.2 Å². The first-order chi connectivity index (χ1) is 9.16. The summed E-state index contributed by atoms with van der Waals surface area (Å²) in [6, 6.07) is 5.45. The molecule has 0 unspecified atom stereocenters. The van der Waals surface area contributed by atoms with Gasteiger partial charge < -0.3 is 4.74 Å². The third-order valence-corrected chi connectivity index (χ3v) is 4.37. The molecule has 3 fully saturated rings. The fourth-order valence-corrected chi connectivity index (χ4v) is 3.56. The summed E-state index contributed by atoms with van der Waals surface area (Å²) in [5.41, 5.74) is 0.449. The van der Waals surface area contributed by atoms with Gasteiger partial charge in [0.2, 0.25) is 11.8 Å². The maximum atomic E-state index is 12.9. The van der Waals surface area contributed by atoms with E-state index in [1.807, 2.05) is 0 Å². The van der Waals surface area contributed by atoms with Crippen LogP contribution in [0.2, 0.25) is 0 Å². The van der Waals surface area contributed by atoms with E-state index in [9.17, 15) is 14.0 Å². The lowest BCUT2D eigenvalue weighted by molar-refractivity contribution is -0.124. The highest BCUT2D eigenvalue weighted by atomic mass is 19.1. The first-order valence-corrected chi connectivity index (χ1v) is 6.45. The molecule has 2 amide bonds. The molecule has 1 aromatic rings. The van der Waals surface area contributed by atoms with Crippen molar-refractivity contribution >= 4 is 17.5 Å². The number of carbonyl (C=O) groups excluding carboxylic acids is 2. The van der Waals surface area contributed by atoms with Gasteiger partial charge in [-0.05, 0) is 37.1 Å². The van der Waals surface area contributed by atoms with Crippen molar-refractivity contribution in [3.8, 4) is 0 Å². The number of nitrogens with zero attached hydrogens (tertiary/aromatic N) is 1. The number of carbonyl (C=O) groups is 2. The molecule has 5 heteroatoms. The smallest absolute Gasteiger partial charge is 0.240 e. The molecule has 4 nitrogen and oxygen atoms in total. The Morgan fingerprint density at radius 2 is 1.53 bits per heavy atom. The van der Waals surface area contributed by atoms with Crippen LogP contribution in [0.15, 0.2) is 24.3 Å². The third-order valence-electron chi connectivity index (χ3n) is 4.37. The van der Waals surface area contributed by atoms with Crippen molar-refractivity contribution in [2.24, 2.45) is 11.8 Å². The normalized spacial score (nSPS) is 36.2. The first kappa shape index (κ1) is 11.1. The zero-order chi connectivity index (χ0) is 13.1. The molecule has 4 rings (SSSR count). The van der Waals surface area contributed by atoms with Gasteiger partial charge in [0.05, 0.1) is 29.7 Å². The fourth-order valence-electron chi connectivity index (χ4n) is 3.56. The zero-order valence-corrected chi connectivity index (χ0v) is 10.1. The molecule has 3 aliphatic rings. The maximum Gasteiger partial charge on any atom is 0.240 e. The monoisotopic (exact) mass is 261 g/mol. The summed E-state index contributed by atoms with van der Waals surface area (Å²) in [7, 11) is 0. The summed E-state index contributed by atoms with van der Waals surface area (Å²) < 4.78 is 18.6. The molecular weight excluding hydrogens is 249 g/mol. The average molecular weight is 261 g/mol. The van der Waals surface area contributed by atoms with Crippen molar-refractivity contribution < 1.29 is 18.7 Å². The predicted octanol–water partition coefficient (Wildman–Crippen LogP) is 1.49. The fraction of sp³-hybridized carbons (Fsp3) is 0.429. The molecular formula is C14H12FNO3. The lowest BCUT2D eigenvalue weighted by Gasteiger charge is -2.17. The molecule has 1 aromatic carbocycles. The first-order valence-electron chi connectivity index (χ1n) is 6.45. The Hall–Kier alpha value is -1.75. The van der Waals surface area contributed by atoms with Gasteiger partial charge in [-0.3, -0.25) is 9.59 Å². The molecule has 3 aliphatic heterocycles. The number of amides is 2. The molecule has 0 saturated carbocycles. The lowest BCUT2D eigenvalue weighted by Crippen LogP contribution is -2.34. The minimum atomic E-state index is -0.383. The Morgan fingerprint density at radius 1 is 1.00 bits per heavy atom. The topological polar surface area (TPSA) is 46.6 Å². The molecule has 3 heterocycles. The molecule has 4 atom stereocenters. The van der Waals surface area contributed by atoms with Crippen LogP contribution in [0.4, 0.5) is 10.1 Å². The number of hydrogen-bond donors (Lipinski definition) is 0. The molecule has 19 heavy (non-hydrogen) atoms. The van der Waals surface area contributed by atoms with Crippen molar-refractivity contribution in [2.75, 3.05) is 4.90 Å². The van der Waals surface area contributed by atoms with E-state index in [0.717, 1.165) is 12.8 Å². The highest BCUT2D eigenvalue weighted by Crippen LogP contribution is 2.49. The molecule has 2 bridgehead atoms. The summed E-state index contributed by atoms with van der Waals surface area (Å²) in [6.07, 6.45) is 1.47. The SMILES string of the molecule is O=C1[C@@H]2[C@H](C(=O)N1c1ccc(F)cc1)[C@H]1CC[C@@H]2O1. The molecule has 0 N–H and O–H groups in total. The van der Waals surface area contributed by atoms with Crippen LogP contribution in [0.5, 0.6) is 0 Å². The molecule has 0 aliphatic carbocycles. The van der Waals surface area contributed by atoms with Gasteiger partial charge in [0.15, 0.2) is 0 Å². The van der Waals surface area contributed by atoms with Crippen LogP contribution in [-0.4, -0.2) is 24.0 Å². The van der Waals surface area contributed by atoms with Crippen LogP contribution < -0.4 is 4.90 Å². The van der Waals surface area contributed by atoms with E-state index in [2.05, 4.69) is 0 Å². The van der Waals surface area contributed by atoms with E-state index in [1.54, 1.807) is 0 Å². The van der Waals surface area contributed by atoms with Crippen molar-refractivity contribution in [3.05, 3.63) is 30.1 Å². The van der Waals surface area contributed by atoms with Crippen molar-refractivity contribution in [1.29, 1.82) is 0 Å². The molecule has 0 radical (unpaired) electrons. The number of hydrogen-bond acceptors (Lipinski definition) is 3. The van der Waals surface area contributed by atoms with Crippen molar-refractivity contribution in [2.45, 2.75) is 25.0 Å². The molecule has 0 aromatic heterocycles. The van der Waals surface area contributed by atoms with Crippen LogP contribution in [0.25, 0.3) is 0 Å². The number of benzene rings is 1. The Bertz CT molecular complexity index is 543. The summed E-state index contributed by atoms with van der Waals surface area (Å²) in [4.78, 5) is 26.0. The number of anilines is 1. The van der Waals surface area contributed by atoms with Gasteiger partial charge in [-0.25, -0.2) is 9.29 Å². The Morgan fingerprint density at radius 3 is 2.05 bits per heavy atom. The van der Waals surface area contributed by atoms with Gasteiger partial charge in [-0.1, -0.05) is 0 Å². The maximum absolute atomic E-state index is 12.9.